The monoisotopic (exact) mass is 313 g/mol. The zero-order chi connectivity index (χ0) is 16.4. The van der Waals surface area contributed by atoms with Crippen molar-refractivity contribution in [1.29, 1.82) is 0 Å². The SMILES string of the molecule is Nc1nc(=O)c([C@@H]2O[C@H](CO)C(O)[C@@H]2O)cn1/C=C/C(=O)O. The summed E-state index contributed by atoms with van der Waals surface area (Å²) in [4.78, 5) is 25.9. The van der Waals surface area contributed by atoms with Crippen molar-refractivity contribution in [3.05, 3.63) is 28.2 Å². The quantitative estimate of drug-likeness (QED) is 0.378. The Balaban J connectivity index is 2.41. The fourth-order valence-electron chi connectivity index (χ4n) is 2.11. The molecule has 10 nitrogen and oxygen atoms in total. The van der Waals surface area contributed by atoms with Gasteiger partial charge in [0, 0.05) is 18.5 Å². The number of nitrogens with two attached hydrogens (primary N) is 1. The summed E-state index contributed by atoms with van der Waals surface area (Å²) in [6.45, 7) is -0.537. The molecule has 0 amide bonds. The first-order valence-corrected chi connectivity index (χ1v) is 6.27. The minimum Gasteiger partial charge on any atom is -0.478 e. The summed E-state index contributed by atoms with van der Waals surface area (Å²) in [5.74, 6) is -1.48. The standard InChI is InChI=1S/C12H15N3O7/c13-12-14-11(21)5(3-15(12)2-1-7(17)18)10-9(20)8(19)6(4-16)22-10/h1-3,6,8-10,16,19-20H,4H2,(H,17,18)(H2,13,14,21)/b2-1+/t6-,8?,9+,10+/m1/s1. The van der Waals surface area contributed by atoms with E-state index < -0.39 is 42.6 Å². The molecule has 0 aromatic carbocycles. The molecule has 0 bridgehead atoms. The van der Waals surface area contributed by atoms with Crippen LogP contribution in [0.15, 0.2) is 17.1 Å². The first-order chi connectivity index (χ1) is 10.3. The lowest BCUT2D eigenvalue weighted by Gasteiger charge is -2.15. The van der Waals surface area contributed by atoms with Gasteiger partial charge in [0.25, 0.3) is 5.56 Å². The number of ether oxygens (including phenoxy) is 1. The van der Waals surface area contributed by atoms with Crippen molar-refractivity contribution in [2.45, 2.75) is 24.4 Å². The Bertz CT molecular complexity index is 657. The number of aliphatic hydroxyl groups is 3. The Hall–Kier alpha value is -2.27. The van der Waals surface area contributed by atoms with E-state index in [1.165, 1.54) is 0 Å². The lowest BCUT2D eigenvalue weighted by atomic mass is 10.0. The topological polar surface area (TPSA) is 168 Å². The summed E-state index contributed by atoms with van der Waals surface area (Å²) in [6, 6.07) is 0. The van der Waals surface area contributed by atoms with Gasteiger partial charge in [-0.3, -0.25) is 9.36 Å². The maximum absolute atomic E-state index is 11.9. The molecule has 1 aliphatic heterocycles. The number of aliphatic carboxylic acids is 1. The third kappa shape index (κ3) is 2.99. The second kappa shape index (κ2) is 6.23. The molecule has 0 radical (unpaired) electrons. The first kappa shape index (κ1) is 16.1. The van der Waals surface area contributed by atoms with Gasteiger partial charge in [0.15, 0.2) is 0 Å². The molecule has 22 heavy (non-hydrogen) atoms. The van der Waals surface area contributed by atoms with Crippen molar-refractivity contribution in [1.82, 2.24) is 9.55 Å². The zero-order valence-corrected chi connectivity index (χ0v) is 11.2. The Kier molecular flexibility index (Phi) is 4.56. The summed E-state index contributed by atoms with van der Waals surface area (Å²) in [5.41, 5.74) is 4.60. The summed E-state index contributed by atoms with van der Waals surface area (Å²) in [6.07, 6.45) is -2.05. The van der Waals surface area contributed by atoms with Crippen LogP contribution in [0, 0.1) is 0 Å². The molecular weight excluding hydrogens is 298 g/mol. The van der Waals surface area contributed by atoms with Crippen molar-refractivity contribution in [2.24, 2.45) is 0 Å². The molecule has 0 spiro atoms. The van der Waals surface area contributed by atoms with E-state index in [-0.39, 0.29) is 11.5 Å². The van der Waals surface area contributed by atoms with E-state index in [0.29, 0.717) is 0 Å². The summed E-state index contributed by atoms with van der Waals surface area (Å²) in [5, 5.41) is 37.2. The predicted molar refractivity (Wildman–Crippen MR) is 72.6 cm³/mol. The number of anilines is 1. The maximum Gasteiger partial charge on any atom is 0.329 e. The third-order valence-electron chi connectivity index (χ3n) is 3.23. The van der Waals surface area contributed by atoms with Gasteiger partial charge in [-0.2, -0.15) is 4.98 Å². The van der Waals surface area contributed by atoms with Crippen LogP contribution < -0.4 is 11.3 Å². The molecule has 6 N–H and O–H groups in total. The molecule has 0 saturated carbocycles. The van der Waals surface area contributed by atoms with Crippen LogP contribution in [-0.4, -0.2) is 60.9 Å². The molecule has 4 atom stereocenters. The van der Waals surface area contributed by atoms with Crippen molar-refractivity contribution < 1.29 is 30.0 Å². The van der Waals surface area contributed by atoms with Gasteiger partial charge in [-0.25, -0.2) is 4.79 Å². The van der Waals surface area contributed by atoms with E-state index in [2.05, 4.69) is 4.98 Å². The number of rotatable bonds is 4. The van der Waals surface area contributed by atoms with Gasteiger partial charge in [-0.05, 0) is 0 Å². The number of carboxylic acids is 1. The fourth-order valence-corrected chi connectivity index (χ4v) is 2.11. The van der Waals surface area contributed by atoms with Crippen molar-refractivity contribution in [3.8, 4) is 0 Å². The van der Waals surface area contributed by atoms with E-state index in [1.54, 1.807) is 0 Å². The number of carboxylic acid groups (broad SMARTS) is 1. The Labute approximate surface area is 123 Å². The number of nitrogens with zero attached hydrogens (tertiary/aromatic N) is 2. The molecule has 120 valence electrons. The number of nitrogen functional groups attached to an aromatic ring is 1. The molecule has 1 aromatic rings. The highest BCUT2D eigenvalue weighted by molar-refractivity contribution is 5.83. The molecule has 1 aliphatic rings. The van der Waals surface area contributed by atoms with Gasteiger partial charge in [0.2, 0.25) is 5.95 Å². The number of hydrogen-bond acceptors (Lipinski definition) is 8. The fraction of sp³-hybridized carbons (Fsp3) is 0.417. The van der Waals surface area contributed by atoms with E-state index in [0.717, 1.165) is 23.0 Å². The molecule has 0 aliphatic carbocycles. The third-order valence-corrected chi connectivity index (χ3v) is 3.23. The molecule has 1 fully saturated rings. The van der Waals surface area contributed by atoms with Crippen LogP contribution in [0.2, 0.25) is 0 Å². The van der Waals surface area contributed by atoms with Crippen molar-refractivity contribution in [3.63, 3.8) is 0 Å². The summed E-state index contributed by atoms with van der Waals surface area (Å²) < 4.78 is 6.31. The minimum absolute atomic E-state index is 0.119. The van der Waals surface area contributed by atoms with Gasteiger partial charge < -0.3 is 30.9 Å². The van der Waals surface area contributed by atoms with E-state index in [9.17, 15) is 19.8 Å². The Morgan fingerprint density at radius 2 is 2.14 bits per heavy atom. The highest BCUT2D eigenvalue weighted by atomic mass is 16.6. The minimum atomic E-state index is -1.44. The Morgan fingerprint density at radius 1 is 1.45 bits per heavy atom. The smallest absolute Gasteiger partial charge is 0.329 e. The van der Waals surface area contributed by atoms with Crippen LogP contribution in [0.25, 0.3) is 6.20 Å². The van der Waals surface area contributed by atoms with Gasteiger partial charge >= 0.3 is 5.97 Å². The molecule has 2 rings (SSSR count). The second-order valence-corrected chi connectivity index (χ2v) is 4.68. The molecule has 10 heteroatoms. The van der Waals surface area contributed by atoms with Crippen LogP contribution in [-0.2, 0) is 9.53 Å². The molecule has 1 aromatic heterocycles. The lowest BCUT2D eigenvalue weighted by Crippen LogP contribution is -2.33. The van der Waals surface area contributed by atoms with Crippen LogP contribution in [0.3, 0.4) is 0 Å². The summed E-state index contributed by atoms with van der Waals surface area (Å²) >= 11 is 0. The number of carbonyl (C=O) groups is 1. The van der Waals surface area contributed by atoms with Gasteiger partial charge in [0.05, 0.1) is 12.2 Å². The van der Waals surface area contributed by atoms with Gasteiger partial charge in [-0.1, -0.05) is 0 Å². The largest absolute Gasteiger partial charge is 0.478 e. The van der Waals surface area contributed by atoms with Crippen molar-refractivity contribution in [2.75, 3.05) is 12.3 Å². The molecule has 2 heterocycles. The molecule has 1 saturated heterocycles. The average molecular weight is 313 g/mol. The first-order valence-electron chi connectivity index (χ1n) is 6.27. The average Bonchev–Trinajstić information content (AvgIpc) is 2.74. The normalized spacial score (nSPS) is 28.3. The predicted octanol–water partition coefficient (Wildman–Crippen LogP) is -2.47. The van der Waals surface area contributed by atoms with E-state index in [1.807, 2.05) is 0 Å². The van der Waals surface area contributed by atoms with Crippen LogP contribution in [0.1, 0.15) is 11.7 Å². The van der Waals surface area contributed by atoms with Crippen LogP contribution in [0.4, 0.5) is 5.95 Å². The lowest BCUT2D eigenvalue weighted by molar-refractivity contribution is -0.131. The number of aromatic nitrogens is 2. The number of hydrogen-bond donors (Lipinski definition) is 5. The Morgan fingerprint density at radius 3 is 2.68 bits per heavy atom. The van der Waals surface area contributed by atoms with E-state index >= 15 is 0 Å². The summed E-state index contributed by atoms with van der Waals surface area (Å²) in [7, 11) is 0. The highest BCUT2D eigenvalue weighted by Gasteiger charge is 2.44. The maximum atomic E-state index is 11.9. The molecular formula is C12H15N3O7. The molecule has 1 unspecified atom stereocenters. The second-order valence-electron chi connectivity index (χ2n) is 4.68. The number of aliphatic hydroxyl groups excluding tert-OH is 3. The van der Waals surface area contributed by atoms with Gasteiger partial charge in [-0.15, -0.1) is 0 Å². The van der Waals surface area contributed by atoms with Crippen LogP contribution >= 0.6 is 0 Å². The van der Waals surface area contributed by atoms with Crippen LogP contribution in [0.5, 0.6) is 0 Å². The van der Waals surface area contributed by atoms with Gasteiger partial charge in [0.1, 0.15) is 24.4 Å². The van der Waals surface area contributed by atoms with Crippen molar-refractivity contribution >= 4 is 18.1 Å². The highest BCUT2D eigenvalue weighted by Crippen LogP contribution is 2.31. The zero-order valence-electron chi connectivity index (χ0n) is 11.2. The van der Waals surface area contributed by atoms with E-state index in [4.69, 9.17) is 20.7 Å².